The highest BCUT2D eigenvalue weighted by atomic mass is 32.1. The van der Waals surface area contributed by atoms with E-state index in [9.17, 15) is 4.79 Å². The molecular weight excluding hydrogens is 200 g/mol. The molecule has 1 atom stereocenters. The van der Waals surface area contributed by atoms with E-state index in [0.29, 0.717) is 6.42 Å². The summed E-state index contributed by atoms with van der Waals surface area (Å²) in [7, 11) is 0. The third kappa shape index (κ3) is 1.51. The molecule has 0 aromatic carbocycles. The van der Waals surface area contributed by atoms with Gasteiger partial charge in [-0.3, -0.25) is 4.79 Å². The Morgan fingerprint density at radius 2 is 2.50 bits per heavy atom. The number of nitrogens with two attached hydrogens (primary N) is 1. The maximum atomic E-state index is 10.6. The van der Waals surface area contributed by atoms with E-state index < -0.39 is 12.0 Å². The van der Waals surface area contributed by atoms with Crippen LogP contribution in [-0.4, -0.2) is 22.1 Å². The van der Waals surface area contributed by atoms with Crippen LogP contribution in [0, 0.1) is 0 Å². The molecule has 0 radical (unpaired) electrons. The van der Waals surface area contributed by atoms with Crippen molar-refractivity contribution in [1.29, 1.82) is 0 Å². The van der Waals surface area contributed by atoms with Crippen LogP contribution in [0.15, 0.2) is 17.6 Å². The Kier molecular flexibility index (Phi) is 2.26. The summed E-state index contributed by atoms with van der Waals surface area (Å²) in [6.45, 7) is 0. The van der Waals surface area contributed by atoms with Crippen LogP contribution in [0.1, 0.15) is 5.56 Å². The molecule has 4 nitrogen and oxygen atoms in total. The van der Waals surface area contributed by atoms with Crippen molar-refractivity contribution >= 4 is 27.5 Å². The van der Waals surface area contributed by atoms with Crippen LogP contribution < -0.4 is 5.73 Å². The van der Waals surface area contributed by atoms with E-state index >= 15 is 0 Å². The van der Waals surface area contributed by atoms with Gasteiger partial charge in [-0.15, -0.1) is 11.3 Å². The minimum absolute atomic E-state index is 0.371. The predicted octanol–water partition coefficient (Wildman–Crippen LogP) is 1.18. The van der Waals surface area contributed by atoms with E-state index in [1.807, 2.05) is 17.6 Å². The Hall–Kier alpha value is -1.33. The van der Waals surface area contributed by atoms with Crippen LogP contribution in [0.4, 0.5) is 0 Å². The normalized spacial score (nSPS) is 13.2. The fourth-order valence-corrected chi connectivity index (χ4v) is 2.27. The number of hydrogen-bond donors (Lipinski definition) is 3. The van der Waals surface area contributed by atoms with Gasteiger partial charge in [0.15, 0.2) is 0 Å². The molecule has 2 rings (SSSR count). The molecule has 0 fully saturated rings. The second kappa shape index (κ2) is 3.43. The average Bonchev–Trinajstić information content (AvgIpc) is 2.69. The maximum Gasteiger partial charge on any atom is 0.320 e. The van der Waals surface area contributed by atoms with Gasteiger partial charge in [0.1, 0.15) is 6.04 Å². The lowest BCUT2D eigenvalue weighted by atomic mass is 10.1. The van der Waals surface area contributed by atoms with Crippen molar-refractivity contribution in [2.75, 3.05) is 0 Å². The molecule has 0 aliphatic rings. The largest absolute Gasteiger partial charge is 0.480 e. The second-order valence-corrected chi connectivity index (χ2v) is 4.04. The summed E-state index contributed by atoms with van der Waals surface area (Å²) < 4.78 is 1.10. The highest BCUT2D eigenvalue weighted by molar-refractivity contribution is 7.17. The summed E-state index contributed by atoms with van der Waals surface area (Å²) >= 11 is 1.59. The number of carboxylic acids is 1. The van der Waals surface area contributed by atoms with E-state index in [1.54, 1.807) is 11.3 Å². The molecule has 2 heterocycles. The number of nitrogens with one attached hydrogen (secondary N) is 1. The minimum Gasteiger partial charge on any atom is -0.480 e. The number of hydrogen-bond acceptors (Lipinski definition) is 3. The summed E-state index contributed by atoms with van der Waals surface area (Å²) in [5.41, 5.74) is 7.48. The van der Waals surface area contributed by atoms with Crippen molar-refractivity contribution in [3.05, 3.63) is 23.2 Å². The van der Waals surface area contributed by atoms with Crippen molar-refractivity contribution in [3.8, 4) is 0 Å². The van der Waals surface area contributed by atoms with Crippen molar-refractivity contribution in [2.45, 2.75) is 12.5 Å². The predicted molar refractivity (Wildman–Crippen MR) is 55.5 cm³/mol. The number of rotatable bonds is 3. The molecule has 0 bridgehead atoms. The molecule has 0 amide bonds. The first kappa shape index (κ1) is 9.23. The molecule has 0 aliphatic heterocycles. The van der Waals surface area contributed by atoms with E-state index in [0.717, 1.165) is 15.8 Å². The van der Waals surface area contributed by atoms with Crippen LogP contribution in [0.2, 0.25) is 0 Å². The van der Waals surface area contributed by atoms with E-state index in [2.05, 4.69) is 4.98 Å². The molecule has 0 spiro atoms. The summed E-state index contributed by atoms with van der Waals surface area (Å²) in [5.74, 6) is -0.962. The molecule has 5 heteroatoms. The van der Waals surface area contributed by atoms with Gasteiger partial charge < -0.3 is 15.8 Å². The summed E-state index contributed by atoms with van der Waals surface area (Å²) in [5, 5.41) is 10.6. The minimum atomic E-state index is -0.962. The monoisotopic (exact) mass is 210 g/mol. The van der Waals surface area contributed by atoms with E-state index in [-0.39, 0.29) is 0 Å². The fraction of sp³-hybridized carbons (Fsp3) is 0.222. The van der Waals surface area contributed by atoms with Gasteiger partial charge in [-0.05, 0) is 17.0 Å². The number of H-pyrrole nitrogens is 1. The molecule has 0 saturated heterocycles. The Bertz CT molecular complexity index is 460. The molecule has 2 aromatic heterocycles. The Labute approximate surface area is 84.4 Å². The number of aromatic amines is 1. The number of carbonyl (C=O) groups is 1. The van der Waals surface area contributed by atoms with Gasteiger partial charge in [0.25, 0.3) is 0 Å². The Balaban J connectivity index is 2.27. The number of carboxylic acid groups (broad SMARTS) is 1. The van der Waals surface area contributed by atoms with Gasteiger partial charge in [0.2, 0.25) is 0 Å². The molecule has 1 unspecified atom stereocenters. The first-order valence-electron chi connectivity index (χ1n) is 4.20. The third-order valence-electron chi connectivity index (χ3n) is 2.12. The molecule has 0 aliphatic carbocycles. The number of fused-ring (bicyclic) bond motifs is 1. The number of aromatic nitrogens is 1. The van der Waals surface area contributed by atoms with Gasteiger partial charge in [-0.25, -0.2) is 0 Å². The summed E-state index contributed by atoms with van der Waals surface area (Å²) in [6, 6.07) is 1.14. The van der Waals surface area contributed by atoms with E-state index in [4.69, 9.17) is 10.8 Å². The SMILES string of the molecule is NC(Cc1c[nH]c2ccsc12)C(=O)O. The molecule has 14 heavy (non-hydrogen) atoms. The lowest BCUT2D eigenvalue weighted by Gasteiger charge is -2.03. The molecule has 0 saturated carbocycles. The van der Waals surface area contributed by atoms with E-state index in [1.165, 1.54) is 0 Å². The standard InChI is InChI=1S/C9H10N2O2S/c10-6(9(12)13)3-5-4-11-7-1-2-14-8(5)7/h1-2,4,6,11H,3,10H2,(H,12,13). The molecular formula is C9H10N2O2S. The second-order valence-electron chi connectivity index (χ2n) is 3.13. The van der Waals surface area contributed by atoms with Crippen molar-refractivity contribution in [2.24, 2.45) is 5.73 Å². The fourth-order valence-electron chi connectivity index (χ4n) is 1.38. The maximum absolute atomic E-state index is 10.6. The quantitative estimate of drug-likeness (QED) is 0.711. The zero-order valence-electron chi connectivity index (χ0n) is 7.36. The van der Waals surface area contributed by atoms with Gasteiger partial charge in [0.05, 0.1) is 10.2 Å². The van der Waals surface area contributed by atoms with Crippen LogP contribution in [-0.2, 0) is 11.2 Å². The first-order valence-corrected chi connectivity index (χ1v) is 5.08. The Morgan fingerprint density at radius 1 is 1.71 bits per heavy atom. The zero-order chi connectivity index (χ0) is 10.1. The van der Waals surface area contributed by atoms with Gasteiger partial charge in [0, 0.05) is 12.6 Å². The molecule has 74 valence electrons. The third-order valence-corrected chi connectivity index (χ3v) is 3.11. The van der Waals surface area contributed by atoms with Crippen molar-refractivity contribution in [3.63, 3.8) is 0 Å². The lowest BCUT2D eigenvalue weighted by Crippen LogP contribution is -2.32. The smallest absolute Gasteiger partial charge is 0.320 e. The van der Waals surface area contributed by atoms with Gasteiger partial charge in [-0.1, -0.05) is 0 Å². The molecule has 2 aromatic rings. The van der Waals surface area contributed by atoms with Crippen molar-refractivity contribution in [1.82, 2.24) is 4.98 Å². The van der Waals surface area contributed by atoms with Gasteiger partial charge in [-0.2, -0.15) is 0 Å². The number of aliphatic carboxylic acids is 1. The van der Waals surface area contributed by atoms with Crippen molar-refractivity contribution < 1.29 is 9.90 Å². The lowest BCUT2D eigenvalue weighted by molar-refractivity contribution is -0.138. The van der Waals surface area contributed by atoms with Crippen LogP contribution in [0.3, 0.4) is 0 Å². The Morgan fingerprint density at radius 3 is 3.21 bits per heavy atom. The topological polar surface area (TPSA) is 79.1 Å². The van der Waals surface area contributed by atoms with Crippen LogP contribution in [0.5, 0.6) is 0 Å². The summed E-state index contributed by atoms with van der Waals surface area (Å²) in [6.07, 6.45) is 2.19. The average molecular weight is 210 g/mol. The highest BCUT2D eigenvalue weighted by Crippen LogP contribution is 2.24. The molecule has 4 N–H and O–H groups in total. The zero-order valence-corrected chi connectivity index (χ0v) is 8.17. The number of thiophene rings is 1. The van der Waals surface area contributed by atoms with Gasteiger partial charge >= 0.3 is 5.97 Å². The van der Waals surface area contributed by atoms with Crippen LogP contribution >= 0.6 is 11.3 Å². The highest BCUT2D eigenvalue weighted by Gasteiger charge is 2.14. The van der Waals surface area contributed by atoms with Crippen LogP contribution in [0.25, 0.3) is 10.2 Å². The first-order chi connectivity index (χ1) is 6.68. The summed E-state index contributed by atoms with van der Waals surface area (Å²) in [4.78, 5) is 13.6.